The average Bonchev–Trinajstić information content (AvgIpc) is 3.33. The van der Waals surface area contributed by atoms with Crippen molar-refractivity contribution in [3.63, 3.8) is 0 Å². The number of carbonyl (C=O) groups excluding carboxylic acids is 1. The van der Waals surface area contributed by atoms with Crippen molar-refractivity contribution in [3.05, 3.63) is 70.4 Å². The van der Waals surface area contributed by atoms with Gasteiger partial charge in [0.2, 0.25) is 5.78 Å². The van der Waals surface area contributed by atoms with Crippen LogP contribution in [0.5, 0.6) is 5.75 Å². The number of anilines is 1. The maximum Gasteiger partial charge on any atom is 0.232 e. The minimum absolute atomic E-state index is 0.00972. The lowest BCUT2D eigenvalue weighted by Gasteiger charge is -2.21. The highest BCUT2D eigenvalue weighted by atomic mass is 19.1. The molecular formula is C23H17F2N7O2. The normalized spacial score (nSPS) is 14.7. The van der Waals surface area contributed by atoms with Gasteiger partial charge in [-0.2, -0.15) is 15.5 Å². The van der Waals surface area contributed by atoms with Crippen LogP contribution in [0.1, 0.15) is 46.2 Å². The van der Waals surface area contributed by atoms with E-state index < -0.39 is 23.5 Å². The third-order valence-corrected chi connectivity index (χ3v) is 5.61. The summed E-state index contributed by atoms with van der Waals surface area (Å²) in [5, 5.41) is 18.3. The number of carbonyl (C=O) groups is 1. The summed E-state index contributed by atoms with van der Waals surface area (Å²) in [5.41, 5.74) is 7.04. The highest BCUT2D eigenvalue weighted by Gasteiger charge is 2.31. The Balaban J connectivity index is 1.92. The van der Waals surface area contributed by atoms with E-state index in [2.05, 4.69) is 21.3 Å². The largest absolute Gasteiger partial charge is 0.482 e. The van der Waals surface area contributed by atoms with E-state index in [1.807, 2.05) is 0 Å². The maximum absolute atomic E-state index is 15.2. The Bertz CT molecular complexity index is 1550. The lowest BCUT2D eigenvalue weighted by Crippen LogP contribution is -2.18. The van der Waals surface area contributed by atoms with Crippen molar-refractivity contribution in [1.29, 1.82) is 5.26 Å². The third-order valence-electron chi connectivity index (χ3n) is 5.61. The van der Waals surface area contributed by atoms with Gasteiger partial charge in [-0.25, -0.2) is 18.4 Å². The van der Waals surface area contributed by atoms with Crippen molar-refractivity contribution in [2.75, 3.05) is 5.73 Å². The Hall–Kier alpha value is -4.59. The molecule has 4 aromatic rings. The summed E-state index contributed by atoms with van der Waals surface area (Å²) in [6, 6.07) is 6.88. The molecule has 34 heavy (non-hydrogen) atoms. The lowest BCUT2D eigenvalue weighted by atomic mass is 10.00. The number of nitrogen functional groups attached to an aromatic ring is 1. The van der Waals surface area contributed by atoms with Crippen LogP contribution in [0.15, 0.2) is 30.5 Å². The van der Waals surface area contributed by atoms with E-state index in [9.17, 15) is 14.4 Å². The second-order valence-electron chi connectivity index (χ2n) is 7.91. The van der Waals surface area contributed by atoms with Crippen LogP contribution in [0.25, 0.3) is 16.8 Å². The molecule has 4 heterocycles. The van der Waals surface area contributed by atoms with Crippen molar-refractivity contribution < 1.29 is 18.3 Å². The molecule has 3 aromatic heterocycles. The van der Waals surface area contributed by atoms with E-state index in [4.69, 9.17) is 10.5 Å². The summed E-state index contributed by atoms with van der Waals surface area (Å²) in [4.78, 5) is 17.9. The SMILES string of the molecule is Cc1cc2n(n1)-c1c(F)cc(F)cc1[C@@H](C)Oc1cc(cnc1N)-c1c(nn(C)c1C#N)C2=O. The number of hydrogen-bond acceptors (Lipinski definition) is 7. The lowest BCUT2D eigenvalue weighted by molar-refractivity contribution is 0.102. The van der Waals surface area contributed by atoms with Crippen LogP contribution < -0.4 is 10.5 Å². The fourth-order valence-corrected chi connectivity index (χ4v) is 4.10. The fourth-order valence-electron chi connectivity index (χ4n) is 4.10. The van der Waals surface area contributed by atoms with Gasteiger partial charge in [-0.3, -0.25) is 9.48 Å². The molecular weight excluding hydrogens is 444 g/mol. The number of ether oxygens (including phenoxy) is 1. The average molecular weight is 461 g/mol. The number of hydrogen-bond donors (Lipinski definition) is 1. The van der Waals surface area contributed by atoms with Crippen LogP contribution in [0.4, 0.5) is 14.6 Å². The van der Waals surface area contributed by atoms with Crippen molar-refractivity contribution in [2.24, 2.45) is 7.05 Å². The number of benzene rings is 1. The summed E-state index contributed by atoms with van der Waals surface area (Å²) < 4.78 is 37.8. The third kappa shape index (κ3) is 3.11. The number of halogens is 2. The smallest absolute Gasteiger partial charge is 0.232 e. The second-order valence-corrected chi connectivity index (χ2v) is 7.91. The minimum Gasteiger partial charge on any atom is -0.482 e. The van der Waals surface area contributed by atoms with Crippen LogP contribution in [-0.4, -0.2) is 30.3 Å². The number of pyridine rings is 1. The van der Waals surface area contributed by atoms with Crippen molar-refractivity contribution in [2.45, 2.75) is 20.0 Å². The van der Waals surface area contributed by atoms with Gasteiger partial charge < -0.3 is 10.5 Å². The quantitative estimate of drug-likeness (QED) is 0.426. The number of aromatic nitrogens is 5. The summed E-state index contributed by atoms with van der Waals surface area (Å²) in [7, 11) is 1.53. The first kappa shape index (κ1) is 21.3. The first-order valence-electron chi connectivity index (χ1n) is 10.2. The Morgan fingerprint density at radius 2 is 1.97 bits per heavy atom. The minimum atomic E-state index is -0.932. The van der Waals surface area contributed by atoms with Crippen molar-refractivity contribution in [1.82, 2.24) is 24.5 Å². The van der Waals surface area contributed by atoms with Gasteiger partial charge in [0.15, 0.2) is 17.4 Å². The molecule has 0 spiro atoms. The van der Waals surface area contributed by atoms with Crippen LogP contribution in [0, 0.1) is 29.9 Å². The number of nitrogens with zero attached hydrogens (tertiary/aromatic N) is 6. The van der Waals surface area contributed by atoms with Gasteiger partial charge in [-0.05, 0) is 32.0 Å². The van der Waals surface area contributed by atoms with Crippen molar-refractivity contribution >= 4 is 11.6 Å². The molecule has 1 aliphatic rings. The molecule has 0 saturated heterocycles. The number of rotatable bonds is 0. The number of fused-ring (bicyclic) bond motifs is 7. The molecule has 1 atom stereocenters. The maximum atomic E-state index is 15.2. The van der Waals surface area contributed by atoms with Crippen LogP contribution in [0.2, 0.25) is 0 Å². The zero-order valence-electron chi connectivity index (χ0n) is 18.3. The van der Waals surface area contributed by atoms with Crippen LogP contribution in [-0.2, 0) is 7.05 Å². The summed E-state index contributed by atoms with van der Waals surface area (Å²) in [6.45, 7) is 3.23. The van der Waals surface area contributed by atoms with E-state index in [1.54, 1.807) is 13.8 Å². The standard InChI is InChI=1S/C23H17F2N7O2/c1-10-4-16-22(33)20-19(17(8-26)31(3)30-20)12-5-18(23(27)28-9-12)34-11(2)14-6-13(24)7-15(25)21(14)32(16)29-10/h4-7,9,11H,1-3H3,(H2,27,28)/t11-/m1/s1. The molecule has 0 saturated carbocycles. The van der Waals surface area contributed by atoms with E-state index in [1.165, 1.54) is 30.1 Å². The van der Waals surface area contributed by atoms with Gasteiger partial charge in [-0.15, -0.1) is 0 Å². The highest BCUT2D eigenvalue weighted by Crippen LogP contribution is 2.37. The van der Waals surface area contributed by atoms with E-state index >= 15 is 4.39 Å². The molecule has 2 bridgehead atoms. The predicted octanol–water partition coefficient (Wildman–Crippen LogP) is 3.39. The van der Waals surface area contributed by atoms with Crippen LogP contribution in [0.3, 0.4) is 0 Å². The molecule has 170 valence electrons. The van der Waals surface area contributed by atoms with Gasteiger partial charge in [0.1, 0.15) is 40.8 Å². The van der Waals surface area contributed by atoms with Gasteiger partial charge in [-0.1, -0.05) is 0 Å². The molecule has 2 N–H and O–H groups in total. The number of ketones is 1. The Kier molecular flexibility index (Phi) is 4.68. The number of nitrogens with two attached hydrogens (primary N) is 1. The van der Waals surface area contributed by atoms with Gasteiger partial charge in [0.25, 0.3) is 0 Å². The van der Waals surface area contributed by atoms with Gasteiger partial charge in [0, 0.05) is 30.4 Å². The molecule has 0 radical (unpaired) electrons. The van der Waals surface area contributed by atoms with E-state index in [0.717, 1.165) is 10.7 Å². The molecule has 0 unspecified atom stereocenters. The number of nitriles is 1. The summed E-state index contributed by atoms with van der Waals surface area (Å²) in [6.07, 6.45) is 0.499. The molecule has 0 aliphatic carbocycles. The van der Waals surface area contributed by atoms with Gasteiger partial charge >= 0.3 is 0 Å². The first-order valence-corrected chi connectivity index (χ1v) is 10.2. The Morgan fingerprint density at radius 1 is 1.21 bits per heavy atom. The zero-order valence-corrected chi connectivity index (χ0v) is 18.3. The first-order chi connectivity index (χ1) is 16.2. The Morgan fingerprint density at radius 3 is 2.71 bits per heavy atom. The fraction of sp³-hybridized carbons (Fsp3) is 0.174. The second kappa shape index (κ2) is 7.48. The molecule has 1 aliphatic heterocycles. The summed E-state index contributed by atoms with van der Waals surface area (Å²) >= 11 is 0. The van der Waals surface area contributed by atoms with Crippen LogP contribution >= 0.6 is 0 Å². The van der Waals surface area contributed by atoms with Crippen molar-refractivity contribution in [3.8, 4) is 28.6 Å². The molecule has 1 aromatic carbocycles. The molecule has 9 nitrogen and oxygen atoms in total. The van der Waals surface area contributed by atoms with Gasteiger partial charge in [0.05, 0.1) is 11.3 Å². The molecule has 0 fully saturated rings. The zero-order chi connectivity index (χ0) is 24.3. The number of aryl methyl sites for hydroxylation is 2. The van der Waals surface area contributed by atoms with E-state index in [-0.39, 0.29) is 45.5 Å². The predicted molar refractivity (Wildman–Crippen MR) is 116 cm³/mol. The molecule has 0 amide bonds. The molecule has 5 rings (SSSR count). The Labute approximate surface area is 192 Å². The summed E-state index contributed by atoms with van der Waals surface area (Å²) in [5.74, 6) is -2.21. The highest BCUT2D eigenvalue weighted by molar-refractivity contribution is 6.11. The van der Waals surface area contributed by atoms with E-state index in [0.29, 0.717) is 17.3 Å². The topological polar surface area (TPSA) is 125 Å². The monoisotopic (exact) mass is 461 g/mol. The molecule has 11 heteroatoms.